The largest absolute Gasteiger partial charge is 0.444 e. The van der Waals surface area contributed by atoms with Gasteiger partial charge in [-0.05, 0) is 47.5 Å². The average molecular weight is 379 g/mol. The fourth-order valence-electron chi connectivity index (χ4n) is 2.78. The van der Waals surface area contributed by atoms with Crippen molar-refractivity contribution < 1.29 is 9.53 Å². The second kappa shape index (κ2) is 9.62. The van der Waals surface area contributed by atoms with Crippen LogP contribution in [0.5, 0.6) is 0 Å². The number of nitrogens with zero attached hydrogens (tertiary/aromatic N) is 4. The number of ether oxygens (including phenoxy) is 1. The zero-order valence-electron chi connectivity index (χ0n) is 17.3. The van der Waals surface area contributed by atoms with Crippen LogP contribution in [0.2, 0.25) is 0 Å². The lowest BCUT2D eigenvalue weighted by molar-refractivity contribution is 0.00701. The number of hydrogen-bond donors (Lipinski definition) is 2. The van der Waals surface area contributed by atoms with Crippen molar-refractivity contribution in [1.82, 2.24) is 25.1 Å². The Kier molecular flexibility index (Phi) is 7.50. The van der Waals surface area contributed by atoms with Crippen molar-refractivity contribution in [3.63, 3.8) is 0 Å². The molecule has 2 heterocycles. The molecule has 0 bridgehead atoms. The van der Waals surface area contributed by atoms with Crippen molar-refractivity contribution in [3.05, 3.63) is 18.2 Å². The number of carbonyl (C=O) groups excluding carboxylic acids is 1. The molecule has 0 atom stereocenters. The molecular formula is C19H34N6O2. The van der Waals surface area contributed by atoms with Crippen molar-refractivity contribution >= 4 is 12.1 Å². The van der Waals surface area contributed by atoms with Crippen LogP contribution in [0.4, 0.5) is 4.79 Å². The number of aliphatic imine (C=N–C) groups is 1. The van der Waals surface area contributed by atoms with Gasteiger partial charge in [0.25, 0.3) is 0 Å². The number of likely N-dealkylation sites (tertiary alicyclic amines) is 1. The summed E-state index contributed by atoms with van der Waals surface area (Å²) in [5, 5.41) is 6.66. The van der Waals surface area contributed by atoms with Gasteiger partial charge in [0.2, 0.25) is 0 Å². The highest BCUT2D eigenvalue weighted by Gasteiger charge is 2.34. The summed E-state index contributed by atoms with van der Waals surface area (Å²) in [6.07, 6.45) is 5.67. The third kappa shape index (κ3) is 7.11. The molecule has 1 aliphatic rings. The van der Waals surface area contributed by atoms with E-state index in [1.165, 1.54) is 0 Å². The van der Waals surface area contributed by atoms with Crippen LogP contribution in [0.1, 0.15) is 46.4 Å². The summed E-state index contributed by atoms with van der Waals surface area (Å²) in [6.45, 7) is 13.5. The summed E-state index contributed by atoms with van der Waals surface area (Å²) >= 11 is 0. The molecule has 1 aromatic rings. The normalized spacial score (nSPS) is 15.4. The number of hydrogen-bond acceptors (Lipinski definition) is 4. The minimum absolute atomic E-state index is 0.212. The summed E-state index contributed by atoms with van der Waals surface area (Å²) in [6, 6.07) is 0.212. The van der Waals surface area contributed by atoms with Gasteiger partial charge in [-0.1, -0.05) is 0 Å². The number of unbranched alkanes of at least 4 members (excludes halogenated alkanes) is 1. The van der Waals surface area contributed by atoms with Crippen molar-refractivity contribution in [2.75, 3.05) is 26.2 Å². The number of carbonyl (C=O) groups is 1. The maximum absolute atomic E-state index is 12.0. The first-order chi connectivity index (χ1) is 12.8. The highest BCUT2D eigenvalue weighted by Crippen LogP contribution is 2.15. The van der Waals surface area contributed by atoms with Gasteiger partial charge < -0.3 is 24.8 Å². The highest BCUT2D eigenvalue weighted by atomic mass is 16.6. The SMILES string of the molecule is CCNC(=NCCCCn1ccnc1C)NC1CN(C(=O)OC(C)(C)C)C1. The maximum atomic E-state index is 12.0. The second-order valence-corrected chi connectivity index (χ2v) is 7.86. The topological polar surface area (TPSA) is 83.8 Å². The summed E-state index contributed by atoms with van der Waals surface area (Å²) in [4.78, 5) is 22.6. The Balaban J connectivity index is 1.68. The van der Waals surface area contributed by atoms with E-state index in [9.17, 15) is 4.79 Å². The van der Waals surface area contributed by atoms with Crippen molar-refractivity contribution in [3.8, 4) is 0 Å². The molecule has 152 valence electrons. The third-order valence-electron chi connectivity index (χ3n) is 4.22. The number of guanidine groups is 1. The van der Waals surface area contributed by atoms with Gasteiger partial charge in [0, 0.05) is 45.1 Å². The van der Waals surface area contributed by atoms with E-state index in [-0.39, 0.29) is 12.1 Å². The van der Waals surface area contributed by atoms with E-state index >= 15 is 0 Å². The molecule has 2 rings (SSSR count). The van der Waals surface area contributed by atoms with Gasteiger partial charge in [0.05, 0.1) is 6.04 Å². The van der Waals surface area contributed by atoms with Crippen molar-refractivity contribution in [1.29, 1.82) is 0 Å². The van der Waals surface area contributed by atoms with Crippen LogP contribution in [0, 0.1) is 6.92 Å². The van der Waals surface area contributed by atoms with Crippen LogP contribution < -0.4 is 10.6 Å². The molecule has 0 unspecified atom stereocenters. The monoisotopic (exact) mass is 378 g/mol. The van der Waals surface area contributed by atoms with Crippen molar-refractivity contribution in [2.45, 2.75) is 65.6 Å². The standard InChI is InChI=1S/C19H34N6O2/c1-6-20-17(22-9-7-8-11-24-12-10-21-15(24)2)23-16-13-25(14-16)18(26)27-19(3,4)5/h10,12,16H,6-9,11,13-14H2,1-5H3,(H2,20,22,23). The Labute approximate surface area is 162 Å². The van der Waals surface area contributed by atoms with Gasteiger partial charge in [-0.25, -0.2) is 9.78 Å². The van der Waals surface area contributed by atoms with Gasteiger partial charge in [0.15, 0.2) is 5.96 Å². The van der Waals surface area contributed by atoms with Crippen LogP contribution in [0.25, 0.3) is 0 Å². The molecule has 1 saturated heterocycles. The van der Waals surface area contributed by atoms with E-state index < -0.39 is 5.60 Å². The molecule has 0 saturated carbocycles. The molecular weight excluding hydrogens is 344 g/mol. The minimum atomic E-state index is -0.457. The predicted molar refractivity (Wildman–Crippen MR) is 107 cm³/mol. The van der Waals surface area contributed by atoms with E-state index in [1.54, 1.807) is 4.90 Å². The molecule has 1 aromatic heterocycles. The van der Waals surface area contributed by atoms with E-state index in [2.05, 4.69) is 25.2 Å². The van der Waals surface area contributed by atoms with Crippen LogP contribution >= 0.6 is 0 Å². The highest BCUT2D eigenvalue weighted by molar-refractivity contribution is 5.80. The molecule has 0 aliphatic carbocycles. The van der Waals surface area contributed by atoms with E-state index in [0.717, 1.165) is 44.3 Å². The molecule has 0 radical (unpaired) electrons. The Morgan fingerprint density at radius 1 is 1.37 bits per heavy atom. The fraction of sp³-hybridized carbons (Fsp3) is 0.737. The first kappa shape index (κ1) is 21.1. The Hall–Kier alpha value is -2.25. The van der Waals surface area contributed by atoms with Crippen LogP contribution in [-0.4, -0.2) is 64.3 Å². The van der Waals surface area contributed by atoms with Crippen LogP contribution in [0.3, 0.4) is 0 Å². The molecule has 2 N–H and O–H groups in total. The van der Waals surface area contributed by atoms with Gasteiger partial charge in [-0.2, -0.15) is 0 Å². The lowest BCUT2D eigenvalue weighted by atomic mass is 10.1. The average Bonchev–Trinajstić information content (AvgIpc) is 2.93. The van der Waals surface area contributed by atoms with E-state index in [0.29, 0.717) is 13.1 Å². The smallest absolute Gasteiger partial charge is 0.410 e. The van der Waals surface area contributed by atoms with Gasteiger partial charge in [-0.3, -0.25) is 4.99 Å². The van der Waals surface area contributed by atoms with E-state index in [1.807, 2.05) is 47.0 Å². The number of aryl methyl sites for hydroxylation is 2. The Morgan fingerprint density at radius 3 is 2.70 bits per heavy atom. The number of rotatable bonds is 7. The molecule has 8 nitrogen and oxygen atoms in total. The summed E-state index contributed by atoms with van der Waals surface area (Å²) in [5.74, 6) is 1.86. The minimum Gasteiger partial charge on any atom is -0.444 e. The molecule has 1 fully saturated rings. The zero-order chi connectivity index (χ0) is 19.9. The molecule has 27 heavy (non-hydrogen) atoms. The van der Waals surface area contributed by atoms with Crippen molar-refractivity contribution in [2.24, 2.45) is 4.99 Å². The second-order valence-electron chi connectivity index (χ2n) is 7.86. The first-order valence-corrected chi connectivity index (χ1v) is 9.79. The Bertz CT molecular complexity index is 628. The third-order valence-corrected chi connectivity index (χ3v) is 4.22. The summed E-state index contributed by atoms with van der Waals surface area (Å²) < 4.78 is 7.54. The molecule has 1 aliphatic heterocycles. The molecule has 0 aromatic carbocycles. The number of nitrogens with one attached hydrogen (secondary N) is 2. The lowest BCUT2D eigenvalue weighted by Gasteiger charge is -2.40. The number of aromatic nitrogens is 2. The van der Waals surface area contributed by atoms with Crippen LogP contribution in [0.15, 0.2) is 17.4 Å². The lowest BCUT2D eigenvalue weighted by Crippen LogP contribution is -2.63. The predicted octanol–water partition coefficient (Wildman–Crippen LogP) is 2.15. The molecule has 8 heteroatoms. The van der Waals surface area contributed by atoms with Gasteiger partial charge >= 0.3 is 6.09 Å². The van der Waals surface area contributed by atoms with Gasteiger partial charge in [-0.15, -0.1) is 0 Å². The number of amides is 1. The molecule has 0 spiro atoms. The van der Waals surface area contributed by atoms with Gasteiger partial charge in [0.1, 0.15) is 11.4 Å². The quantitative estimate of drug-likeness (QED) is 0.431. The molecule has 1 amide bonds. The number of imidazole rings is 1. The summed E-state index contributed by atoms with van der Waals surface area (Å²) in [5.41, 5.74) is -0.457. The first-order valence-electron chi connectivity index (χ1n) is 9.79. The van der Waals surface area contributed by atoms with E-state index in [4.69, 9.17) is 4.74 Å². The Morgan fingerprint density at radius 2 is 2.11 bits per heavy atom. The fourth-order valence-corrected chi connectivity index (χ4v) is 2.78. The summed E-state index contributed by atoms with van der Waals surface area (Å²) in [7, 11) is 0. The maximum Gasteiger partial charge on any atom is 0.410 e. The zero-order valence-corrected chi connectivity index (χ0v) is 17.3. The van der Waals surface area contributed by atoms with Crippen LogP contribution in [-0.2, 0) is 11.3 Å².